The second-order valence-corrected chi connectivity index (χ2v) is 9.01. The molecule has 0 saturated heterocycles. The standard InChI is InChI=1S/C26H32N2O5S/c1-16(28-25(34)23-24(33-18(3)29)21(31-4)14-15-27-23)26(30)32-17(2)22(20-12-8-9-13-20)19-10-6-5-7-11-19/h5-7,10-11,14-17,20,22H,8-9,12-13H2,1-4H3,(H,28,34)/t16-,17-,22-/m0/s1. The van der Waals surface area contributed by atoms with E-state index in [0.717, 1.165) is 12.8 Å². The summed E-state index contributed by atoms with van der Waals surface area (Å²) in [4.78, 5) is 28.9. The first-order valence-electron chi connectivity index (χ1n) is 11.6. The number of pyridine rings is 1. The Morgan fingerprint density at radius 3 is 2.41 bits per heavy atom. The van der Waals surface area contributed by atoms with Crippen molar-refractivity contribution in [3.05, 3.63) is 53.9 Å². The summed E-state index contributed by atoms with van der Waals surface area (Å²) in [5.41, 5.74) is 1.41. The zero-order valence-corrected chi connectivity index (χ0v) is 20.9. The maximum absolute atomic E-state index is 13.0. The van der Waals surface area contributed by atoms with Crippen molar-refractivity contribution in [2.24, 2.45) is 5.92 Å². The van der Waals surface area contributed by atoms with Gasteiger partial charge in [-0.05, 0) is 38.2 Å². The SMILES string of the molecule is COc1ccnc(C(=S)N[C@@H](C)C(=O)O[C@@H](C)[C@@H](c2ccccc2)C2CCCC2)c1OC(C)=O. The first-order chi connectivity index (χ1) is 16.3. The van der Waals surface area contributed by atoms with E-state index in [1.54, 1.807) is 13.0 Å². The van der Waals surface area contributed by atoms with Crippen LogP contribution in [-0.4, -0.2) is 41.2 Å². The molecule has 0 aliphatic heterocycles. The van der Waals surface area contributed by atoms with Gasteiger partial charge in [-0.25, -0.2) is 9.78 Å². The molecule has 34 heavy (non-hydrogen) atoms. The lowest BCUT2D eigenvalue weighted by Crippen LogP contribution is -2.41. The van der Waals surface area contributed by atoms with Crippen molar-refractivity contribution in [1.82, 2.24) is 10.3 Å². The molecular formula is C26H32N2O5S. The van der Waals surface area contributed by atoms with Crippen LogP contribution in [0, 0.1) is 5.92 Å². The van der Waals surface area contributed by atoms with Crippen molar-refractivity contribution in [2.75, 3.05) is 7.11 Å². The number of aromatic nitrogens is 1. The number of nitrogens with zero attached hydrogens (tertiary/aromatic N) is 1. The first-order valence-corrected chi connectivity index (χ1v) is 12.0. The van der Waals surface area contributed by atoms with E-state index in [1.165, 1.54) is 38.6 Å². The number of carbonyl (C=O) groups is 2. The highest BCUT2D eigenvalue weighted by molar-refractivity contribution is 7.80. The number of hydrogen-bond acceptors (Lipinski definition) is 7. The van der Waals surface area contributed by atoms with E-state index in [0.29, 0.717) is 11.7 Å². The molecule has 8 heteroatoms. The molecule has 2 aromatic rings. The van der Waals surface area contributed by atoms with Crippen LogP contribution >= 0.6 is 12.2 Å². The number of carbonyl (C=O) groups excluding carboxylic acids is 2. The molecule has 182 valence electrons. The van der Waals surface area contributed by atoms with E-state index >= 15 is 0 Å². The molecule has 1 aliphatic rings. The van der Waals surface area contributed by atoms with Crippen LogP contribution in [0.5, 0.6) is 11.5 Å². The largest absolute Gasteiger partial charge is 0.493 e. The summed E-state index contributed by atoms with van der Waals surface area (Å²) in [7, 11) is 1.46. The second kappa shape index (κ2) is 11.9. The Kier molecular flexibility index (Phi) is 8.98. The van der Waals surface area contributed by atoms with E-state index < -0.39 is 18.0 Å². The number of hydrogen-bond donors (Lipinski definition) is 1. The van der Waals surface area contributed by atoms with Crippen molar-refractivity contribution < 1.29 is 23.8 Å². The molecule has 0 bridgehead atoms. The normalized spacial score (nSPS) is 16.2. The van der Waals surface area contributed by atoms with E-state index in [9.17, 15) is 9.59 Å². The summed E-state index contributed by atoms with van der Waals surface area (Å²) in [6.07, 6.45) is 5.90. The molecule has 1 fully saturated rings. The number of methoxy groups -OCH3 is 1. The third-order valence-corrected chi connectivity index (χ3v) is 6.46. The van der Waals surface area contributed by atoms with Gasteiger partial charge in [0, 0.05) is 25.1 Å². The van der Waals surface area contributed by atoms with Gasteiger partial charge in [0.1, 0.15) is 22.8 Å². The zero-order chi connectivity index (χ0) is 24.7. The summed E-state index contributed by atoms with van der Waals surface area (Å²) >= 11 is 5.46. The van der Waals surface area contributed by atoms with Gasteiger partial charge in [-0.1, -0.05) is 55.4 Å². The molecule has 1 N–H and O–H groups in total. The molecule has 1 aromatic carbocycles. The Hall–Kier alpha value is -3.00. The smallest absolute Gasteiger partial charge is 0.328 e. The number of benzene rings is 1. The number of rotatable bonds is 9. The second-order valence-electron chi connectivity index (χ2n) is 8.60. The number of esters is 2. The monoisotopic (exact) mass is 484 g/mol. The third-order valence-electron chi connectivity index (χ3n) is 6.15. The van der Waals surface area contributed by atoms with Crippen molar-refractivity contribution in [2.45, 2.75) is 64.5 Å². The molecule has 7 nitrogen and oxygen atoms in total. The lowest BCUT2D eigenvalue weighted by molar-refractivity contribution is -0.151. The fraction of sp³-hybridized carbons (Fsp3) is 0.462. The van der Waals surface area contributed by atoms with Crippen molar-refractivity contribution in [3.8, 4) is 11.5 Å². The summed E-state index contributed by atoms with van der Waals surface area (Å²) in [5, 5.41) is 2.96. The maximum atomic E-state index is 13.0. The molecule has 1 heterocycles. The summed E-state index contributed by atoms with van der Waals surface area (Å²) in [5.74, 6) is 0.107. The van der Waals surface area contributed by atoms with Gasteiger partial charge in [0.25, 0.3) is 0 Å². The van der Waals surface area contributed by atoms with E-state index in [4.69, 9.17) is 26.4 Å². The first kappa shape index (κ1) is 25.6. The summed E-state index contributed by atoms with van der Waals surface area (Å²) in [6.45, 7) is 4.92. The molecule has 0 amide bonds. The predicted molar refractivity (Wildman–Crippen MR) is 133 cm³/mol. The Morgan fingerprint density at radius 1 is 1.12 bits per heavy atom. The van der Waals surface area contributed by atoms with Crippen molar-refractivity contribution in [3.63, 3.8) is 0 Å². The predicted octanol–water partition coefficient (Wildman–Crippen LogP) is 4.57. The fourth-order valence-corrected chi connectivity index (χ4v) is 4.92. The highest BCUT2D eigenvalue weighted by Gasteiger charge is 2.33. The van der Waals surface area contributed by atoms with Gasteiger partial charge in [-0.2, -0.15) is 0 Å². The van der Waals surface area contributed by atoms with Crippen LogP contribution in [0.15, 0.2) is 42.6 Å². The van der Waals surface area contributed by atoms with Gasteiger partial charge in [-0.15, -0.1) is 0 Å². The number of nitrogens with one attached hydrogen (secondary N) is 1. The van der Waals surface area contributed by atoms with E-state index in [-0.39, 0.29) is 28.5 Å². The Labute approximate surface area is 206 Å². The summed E-state index contributed by atoms with van der Waals surface area (Å²) in [6, 6.07) is 11.1. The lowest BCUT2D eigenvalue weighted by atomic mass is 9.81. The van der Waals surface area contributed by atoms with Crippen molar-refractivity contribution >= 4 is 29.1 Å². The maximum Gasteiger partial charge on any atom is 0.328 e. The minimum Gasteiger partial charge on any atom is -0.493 e. The minimum atomic E-state index is -0.729. The molecule has 0 radical (unpaired) electrons. The number of thiocarbonyl (C=S) groups is 1. The third kappa shape index (κ3) is 6.32. The molecule has 1 saturated carbocycles. The van der Waals surface area contributed by atoms with Gasteiger partial charge < -0.3 is 19.5 Å². The average molecular weight is 485 g/mol. The van der Waals surface area contributed by atoms with E-state index in [2.05, 4.69) is 22.4 Å². The summed E-state index contributed by atoms with van der Waals surface area (Å²) < 4.78 is 16.5. The fourth-order valence-electron chi connectivity index (χ4n) is 4.60. The number of ether oxygens (including phenoxy) is 3. The van der Waals surface area contributed by atoms with Gasteiger partial charge in [-0.3, -0.25) is 4.79 Å². The van der Waals surface area contributed by atoms with Crippen LogP contribution < -0.4 is 14.8 Å². The van der Waals surface area contributed by atoms with Gasteiger partial charge in [0.05, 0.1) is 7.11 Å². The Balaban J connectivity index is 1.70. The zero-order valence-electron chi connectivity index (χ0n) is 20.1. The Bertz CT molecular complexity index is 1010. The van der Waals surface area contributed by atoms with Crippen LogP contribution in [0.3, 0.4) is 0 Å². The Morgan fingerprint density at radius 2 is 1.79 bits per heavy atom. The highest BCUT2D eigenvalue weighted by Crippen LogP contribution is 2.40. The molecule has 0 unspecified atom stereocenters. The van der Waals surface area contributed by atoms with Gasteiger partial charge >= 0.3 is 11.9 Å². The van der Waals surface area contributed by atoms with Gasteiger partial charge in [0.2, 0.25) is 5.75 Å². The minimum absolute atomic E-state index is 0.106. The van der Waals surface area contributed by atoms with Crippen LogP contribution in [-0.2, 0) is 14.3 Å². The lowest BCUT2D eigenvalue weighted by Gasteiger charge is -2.30. The molecule has 1 aliphatic carbocycles. The van der Waals surface area contributed by atoms with Gasteiger partial charge in [0.15, 0.2) is 5.75 Å². The van der Waals surface area contributed by atoms with Crippen LogP contribution in [0.1, 0.15) is 63.6 Å². The molecule has 1 aromatic heterocycles. The van der Waals surface area contributed by atoms with E-state index in [1.807, 2.05) is 25.1 Å². The molecule has 3 atom stereocenters. The topological polar surface area (TPSA) is 86.8 Å². The quantitative estimate of drug-likeness (QED) is 0.409. The highest BCUT2D eigenvalue weighted by atomic mass is 32.1. The molecular weight excluding hydrogens is 452 g/mol. The van der Waals surface area contributed by atoms with Crippen LogP contribution in [0.4, 0.5) is 0 Å². The van der Waals surface area contributed by atoms with Crippen molar-refractivity contribution in [1.29, 1.82) is 0 Å². The molecule has 3 rings (SSSR count). The molecule has 0 spiro atoms. The van der Waals surface area contributed by atoms with Crippen LogP contribution in [0.25, 0.3) is 0 Å². The van der Waals surface area contributed by atoms with Crippen LogP contribution in [0.2, 0.25) is 0 Å². The average Bonchev–Trinajstić information content (AvgIpc) is 3.33.